The van der Waals surface area contributed by atoms with E-state index in [9.17, 15) is 4.79 Å². The Labute approximate surface area is 140 Å². The molecule has 5 saturated heterocycles. The predicted octanol–water partition coefficient (Wildman–Crippen LogP) is 2.52. The van der Waals surface area contributed by atoms with Gasteiger partial charge in [0.1, 0.15) is 5.78 Å². The van der Waals surface area contributed by atoms with Gasteiger partial charge in [0, 0.05) is 32.8 Å². The number of piperidine rings is 2. The topological polar surface area (TPSA) is 32.8 Å². The second-order valence-electron chi connectivity index (χ2n) is 9.18. The summed E-state index contributed by atoms with van der Waals surface area (Å²) in [6.07, 6.45) is 4.81. The van der Waals surface area contributed by atoms with Gasteiger partial charge in [-0.2, -0.15) is 0 Å². The number of hydrogen-bond donors (Lipinski definition) is 0. The fraction of sp³-hybridized carbons (Fsp3) is 0.947. The molecule has 0 aromatic carbocycles. The molecule has 4 bridgehead atoms. The average Bonchev–Trinajstić information content (AvgIpc) is 2.50. The number of carbonyl (C=O) groups is 1. The first-order chi connectivity index (χ1) is 10.8. The smallest absolute Gasteiger partial charge is 0.150 e. The molecule has 23 heavy (non-hydrogen) atoms. The largest absolute Gasteiger partial charge is 0.376 e. The van der Waals surface area contributed by atoms with Gasteiger partial charge in [0.2, 0.25) is 0 Å². The first-order valence-electron chi connectivity index (χ1n) is 9.52. The van der Waals surface area contributed by atoms with Crippen LogP contribution in [0.1, 0.15) is 53.4 Å². The molecule has 0 amide bonds. The van der Waals surface area contributed by atoms with E-state index in [1.54, 1.807) is 0 Å². The van der Waals surface area contributed by atoms with Gasteiger partial charge >= 0.3 is 0 Å². The number of ether oxygens (including phenoxy) is 1. The van der Waals surface area contributed by atoms with Crippen molar-refractivity contribution in [2.24, 2.45) is 16.7 Å². The lowest BCUT2D eigenvalue weighted by Gasteiger charge is -2.67. The molecule has 1 atom stereocenters. The van der Waals surface area contributed by atoms with Crippen molar-refractivity contribution in [1.29, 1.82) is 0 Å². The van der Waals surface area contributed by atoms with E-state index in [0.717, 1.165) is 58.5 Å². The van der Waals surface area contributed by atoms with Gasteiger partial charge in [-0.3, -0.25) is 14.6 Å². The molecule has 0 spiro atoms. The highest BCUT2D eigenvalue weighted by Gasteiger charge is 2.65. The minimum atomic E-state index is -0.0936. The van der Waals surface area contributed by atoms with Crippen LogP contribution in [-0.2, 0) is 9.53 Å². The zero-order chi connectivity index (χ0) is 16.5. The van der Waals surface area contributed by atoms with Crippen molar-refractivity contribution in [3.8, 4) is 0 Å². The van der Waals surface area contributed by atoms with Gasteiger partial charge in [-0.1, -0.05) is 13.8 Å². The summed E-state index contributed by atoms with van der Waals surface area (Å²) in [5.74, 6) is 1.25. The number of nitrogens with zero attached hydrogens (tertiary/aromatic N) is 2. The fourth-order valence-electron chi connectivity index (χ4n) is 6.12. The molecule has 5 rings (SSSR count). The minimum Gasteiger partial charge on any atom is -0.376 e. The summed E-state index contributed by atoms with van der Waals surface area (Å²) in [4.78, 5) is 18.5. The Morgan fingerprint density at radius 3 is 2.00 bits per heavy atom. The summed E-state index contributed by atoms with van der Waals surface area (Å²) in [6.45, 7) is 13.7. The molecule has 0 saturated carbocycles. The van der Waals surface area contributed by atoms with Gasteiger partial charge in [0.15, 0.2) is 0 Å². The van der Waals surface area contributed by atoms with Crippen molar-refractivity contribution in [3.63, 3.8) is 0 Å². The van der Waals surface area contributed by atoms with Crippen molar-refractivity contribution < 1.29 is 9.53 Å². The maximum atomic E-state index is 13.2. The van der Waals surface area contributed by atoms with E-state index in [1.807, 2.05) is 0 Å². The van der Waals surface area contributed by atoms with Crippen LogP contribution in [-0.4, -0.2) is 60.1 Å². The van der Waals surface area contributed by atoms with Gasteiger partial charge in [-0.15, -0.1) is 0 Å². The van der Waals surface area contributed by atoms with Gasteiger partial charge in [0.25, 0.3) is 0 Å². The van der Waals surface area contributed by atoms with Crippen LogP contribution in [0, 0.1) is 16.7 Å². The van der Waals surface area contributed by atoms with E-state index in [4.69, 9.17) is 4.74 Å². The lowest BCUT2D eigenvalue weighted by atomic mass is 9.57. The molecular weight excluding hydrogens is 288 g/mol. The van der Waals surface area contributed by atoms with Gasteiger partial charge in [-0.05, 0) is 45.4 Å². The monoisotopic (exact) mass is 320 g/mol. The van der Waals surface area contributed by atoms with Crippen molar-refractivity contribution >= 4 is 5.78 Å². The number of rotatable bonds is 3. The van der Waals surface area contributed by atoms with Crippen molar-refractivity contribution in [1.82, 2.24) is 9.80 Å². The van der Waals surface area contributed by atoms with E-state index in [1.165, 1.54) is 0 Å². The number of carbonyl (C=O) groups excluding carboxylic acids is 1. The molecule has 0 aliphatic carbocycles. The van der Waals surface area contributed by atoms with E-state index in [2.05, 4.69) is 37.5 Å². The molecule has 4 heteroatoms. The van der Waals surface area contributed by atoms with Gasteiger partial charge in [0.05, 0.1) is 22.6 Å². The highest BCUT2D eigenvalue weighted by Crippen LogP contribution is 2.53. The van der Waals surface area contributed by atoms with Crippen LogP contribution in [0.25, 0.3) is 0 Å². The second kappa shape index (κ2) is 5.03. The Morgan fingerprint density at radius 2 is 1.57 bits per heavy atom. The Kier molecular flexibility index (Phi) is 3.51. The van der Waals surface area contributed by atoms with Crippen LogP contribution in [0.2, 0.25) is 0 Å². The number of ketones is 1. The zero-order valence-corrected chi connectivity index (χ0v) is 15.2. The fourth-order valence-corrected chi connectivity index (χ4v) is 6.12. The maximum absolute atomic E-state index is 13.2. The Morgan fingerprint density at radius 1 is 1.04 bits per heavy atom. The molecule has 4 nitrogen and oxygen atoms in total. The molecule has 5 fully saturated rings. The maximum Gasteiger partial charge on any atom is 0.150 e. The van der Waals surface area contributed by atoms with Gasteiger partial charge < -0.3 is 4.74 Å². The SMILES string of the molecule is CCC12CN3CC(CC)(CN(C1)C3[C@H]1CCOC(C)(C)C1)C2=O. The summed E-state index contributed by atoms with van der Waals surface area (Å²) in [5.41, 5.74) is -0.187. The van der Waals surface area contributed by atoms with E-state index >= 15 is 0 Å². The number of hydrogen-bond acceptors (Lipinski definition) is 4. The van der Waals surface area contributed by atoms with E-state index in [-0.39, 0.29) is 16.4 Å². The third kappa shape index (κ3) is 2.17. The summed E-state index contributed by atoms with van der Waals surface area (Å²) >= 11 is 0. The first-order valence-corrected chi connectivity index (χ1v) is 9.52. The molecule has 0 radical (unpaired) electrons. The molecule has 0 N–H and O–H groups in total. The highest BCUT2D eigenvalue weighted by molar-refractivity contribution is 5.93. The third-order valence-electron chi connectivity index (χ3n) is 7.24. The van der Waals surface area contributed by atoms with E-state index < -0.39 is 0 Å². The van der Waals surface area contributed by atoms with Crippen LogP contribution in [0.15, 0.2) is 0 Å². The van der Waals surface area contributed by atoms with Gasteiger partial charge in [-0.25, -0.2) is 0 Å². The second-order valence-corrected chi connectivity index (χ2v) is 9.18. The van der Waals surface area contributed by atoms with Crippen LogP contribution in [0.4, 0.5) is 0 Å². The normalized spacial score (nSPS) is 51.2. The zero-order valence-electron chi connectivity index (χ0n) is 15.2. The predicted molar refractivity (Wildman–Crippen MR) is 90.1 cm³/mol. The van der Waals surface area contributed by atoms with Crippen molar-refractivity contribution in [2.45, 2.75) is 65.1 Å². The Balaban J connectivity index is 1.64. The Hall–Kier alpha value is -0.450. The molecule has 130 valence electrons. The van der Waals surface area contributed by atoms with E-state index in [0.29, 0.717) is 17.9 Å². The summed E-state index contributed by atoms with van der Waals surface area (Å²) in [5, 5.41) is 0. The summed E-state index contributed by atoms with van der Waals surface area (Å²) < 4.78 is 5.95. The molecule has 5 aliphatic rings. The minimum absolute atomic E-state index is 0.000523. The molecular formula is C19H32N2O2. The summed E-state index contributed by atoms with van der Waals surface area (Å²) in [6, 6.07) is 0. The Bertz CT molecular complexity index is 473. The van der Waals surface area contributed by atoms with Crippen molar-refractivity contribution in [3.05, 3.63) is 0 Å². The van der Waals surface area contributed by atoms with Crippen molar-refractivity contribution in [2.75, 3.05) is 32.8 Å². The molecule has 0 unspecified atom stereocenters. The molecule has 0 aromatic rings. The molecule has 5 heterocycles. The summed E-state index contributed by atoms with van der Waals surface area (Å²) in [7, 11) is 0. The van der Waals surface area contributed by atoms with Crippen LogP contribution >= 0.6 is 0 Å². The molecule has 5 aliphatic heterocycles. The average molecular weight is 320 g/mol. The standard InChI is InChI=1S/C19H32N2O2/c1-5-18-10-20-12-19(6-2,16(18)22)13-21(11-18)15(20)14-7-8-23-17(3,4)9-14/h14-15H,5-13H2,1-4H3/t14-,15?,18?,19?/m0/s1. The number of Topliss-reactive ketones (excluding diaryl/α,β-unsaturated/α-hetero) is 1. The van der Waals surface area contributed by atoms with Crippen LogP contribution in [0.5, 0.6) is 0 Å². The third-order valence-corrected chi connectivity index (χ3v) is 7.24. The lowest BCUT2D eigenvalue weighted by Crippen LogP contribution is -2.80. The molecule has 0 aromatic heterocycles. The van der Waals surface area contributed by atoms with Crippen LogP contribution in [0.3, 0.4) is 0 Å². The quantitative estimate of drug-likeness (QED) is 0.800. The lowest BCUT2D eigenvalue weighted by molar-refractivity contribution is -0.220. The first kappa shape index (κ1) is 16.0. The van der Waals surface area contributed by atoms with Crippen LogP contribution < -0.4 is 0 Å². The highest BCUT2D eigenvalue weighted by atomic mass is 16.5.